The highest BCUT2D eigenvalue weighted by atomic mass is 35.5. The van der Waals surface area contributed by atoms with Gasteiger partial charge in [0.1, 0.15) is 11.7 Å². The number of hydrogen-bond acceptors (Lipinski definition) is 2. The first-order valence-corrected chi connectivity index (χ1v) is 6.92. The van der Waals surface area contributed by atoms with Crippen LogP contribution < -0.4 is 0 Å². The average Bonchev–Trinajstić information content (AvgIpc) is 2.45. The Balaban J connectivity index is 2.55. The van der Waals surface area contributed by atoms with Crippen LogP contribution in [-0.4, -0.2) is 5.78 Å². The van der Waals surface area contributed by atoms with Gasteiger partial charge in [0.2, 0.25) is 0 Å². The molecule has 6 heteroatoms. The predicted octanol–water partition coefficient (Wildman–Crippen LogP) is 5.28. The summed E-state index contributed by atoms with van der Waals surface area (Å²) in [6, 6.07) is 9.98. The van der Waals surface area contributed by atoms with E-state index in [9.17, 15) is 14.4 Å². The second-order valence-electron chi connectivity index (χ2n) is 4.19. The topological polar surface area (TPSA) is 40.9 Å². The maximum atomic E-state index is 13.8. The lowest BCUT2D eigenvalue weighted by atomic mass is 9.91. The van der Waals surface area contributed by atoms with Gasteiger partial charge < -0.3 is 0 Å². The largest absolute Gasteiger partial charge is 0.292 e. The van der Waals surface area contributed by atoms with E-state index in [1.807, 2.05) is 6.07 Å². The van der Waals surface area contributed by atoms with E-state index in [1.165, 1.54) is 24.3 Å². The number of nitriles is 1. The Hall–Kier alpha value is -1.60. The second kappa shape index (κ2) is 6.44. The molecule has 0 saturated heterocycles. The van der Waals surface area contributed by atoms with Crippen molar-refractivity contribution in [1.82, 2.24) is 0 Å². The molecule has 21 heavy (non-hydrogen) atoms. The zero-order valence-electron chi connectivity index (χ0n) is 10.4. The van der Waals surface area contributed by atoms with E-state index in [4.69, 9.17) is 34.8 Å². The molecule has 0 aromatic heterocycles. The average molecular weight is 343 g/mol. The molecule has 0 fully saturated rings. The minimum absolute atomic E-state index is 0.160. The van der Waals surface area contributed by atoms with Crippen LogP contribution in [0.5, 0.6) is 0 Å². The minimum atomic E-state index is -1.31. The van der Waals surface area contributed by atoms with Crippen molar-refractivity contribution in [3.05, 3.63) is 68.4 Å². The predicted molar refractivity (Wildman–Crippen MR) is 80.6 cm³/mol. The number of ketones is 1. The Morgan fingerprint density at radius 2 is 1.76 bits per heavy atom. The fourth-order valence-electron chi connectivity index (χ4n) is 1.88. The molecule has 0 amide bonds. The fourth-order valence-corrected chi connectivity index (χ4v) is 2.67. The monoisotopic (exact) mass is 341 g/mol. The number of nitrogens with zero attached hydrogens (tertiary/aromatic N) is 1. The van der Waals surface area contributed by atoms with Crippen LogP contribution in [0.15, 0.2) is 36.4 Å². The Morgan fingerprint density at radius 1 is 1.14 bits per heavy atom. The summed E-state index contributed by atoms with van der Waals surface area (Å²) in [7, 11) is 0. The summed E-state index contributed by atoms with van der Waals surface area (Å²) in [5.74, 6) is -2.81. The second-order valence-corrected chi connectivity index (χ2v) is 5.44. The molecule has 0 N–H and O–H groups in total. The number of carbonyl (C=O) groups is 1. The quantitative estimate of drug-likeness (QED) is 0.712. The molecular weight excluding hydrogens is 336 g/mol. The SMILES string of the molecule is N#CC(C(=O)c1cc(Cl)ccc1F)c1c(Cl)cccc1Cl. The van der Waals surface area contributed by atoms with E-state index in [-0.39, 0.29) is 26.2 Å². The lowest BCUT2D eigenvalue weighted by Crippen LogP contribution is -2.14. The normalized spacial score (nSPS) is 11.8. The summed E-state index contributed by atoms with van der Waals surface area (Å²) in [6.07, 6.45) is 0. The first-order valence-electron chi connectivity index (χ1n) is 5.78. The van der Waals surface area contributed by atoms with Crippen LogP contribution in [0, 0.1) is 17.1 Å². The number of rotatable bonds is 3. The van der Waals surface area contributed by atoms with E-state index < -0.39 is 17.5 Å². The van der Waals surface area contributed by atoms with Gasteiger partial charge in [-0.05, 0) is 30.3 Å². The van der Waals surface area contributed by atoms with Crippen LogP contribution in [0.1, 0.15) is 21.8 Å². The lowest BCUT2D eigenvalue weighted by Gasteiger charge is -2.13. The Labute approximate surface area is 135 Å². The molecule has 1 atom stereocenters. The molecule has 0 aliphatic heterocycles. The van der Waals surface area contributed by atoms with Gasteiger partial charge in [-0.2, -0.15) is 5.26 Å². The van der Waals surface area contributed by atoms with E-state index >= 15 is 0 Å². The Morgan fingerprint density at radius 3 is 2.33 bits per heavy atom. The maximum absolute atomic E-state index is 13.8. The third-order valence-electron chi connectivity index (χ3n) is 2.87. The van der Waals surface area contributed by atoms with Crippen LogP contribution >= 0.6 is 34.8 Å². The molecule has 2 nitrogen and oxygen atoms in total. The van der Waals surface area contributed by atoms with Crippen molar-refractivity contribution in [2.24, 2.45) is 0 Å². The Bertz CT molecular complexity index is 735. The summed E-state index contributed by atoms with van der Waals surface area (Å²) >= 11 is 17.8. The van der Waals surface area contributed by atoms with Gasteiger partial charge in [0.15, 0.2) is 5.78 Å². The molecule has 0 radical (unpaired) electrons. The van der Waals surface area contributed by atoms with Crippen molar-refractivity contribution in [3.8, 4) is 6.07 Å². The van der Waals surface area contributed by atoms with Crippen LogP contribution in [0.25, 0.3) is 0 Å². The summed E-state index contributed by atoms with van der Waals surface area (Å²) in [6.45, 7) is 0. The highest BCUT2D eigenvalue weighted by Crippen LogP contribution is 2.34. The van der Waals surface area contributed by atoms with Crippen molar-refractivity contribution in [2.45, 2.75) is 5.92 Å². The highest BCUT2D eigenvalue weighted by molar-refractivity contribution is 6.36. The summed E-state index contributed by atoms with van der Waals surface area (Å²) in [4.78, 5) is 12.4. The number of Topliss-reactive ketones (excluding diaryl/α,β-unsaturated/α-hetero) is 1. The Kier molecular flexibility index (Phi) is 4.84. The molecular formula is C15H7Cl3FNO. The zero-order chi connectivity index (χ0) is 15.6. The smallest absolute Gasteiger partial charge is 0.187 e. The van der Waals surface area contributed by atoms with E-state index in [0.717, 1.165) is 6.07 Å². The summed E-state index contributed by atoms with van der Waals surface area (Å²) < 4.78 is 13.8. The lowest BCUT2D eigenvalue weighted by molar-refractivity contribution is 0.0975. The van der Waals surface area contributed by atoms with Gasteiger partial charge in [-0.1, -0.05) is 40.9 Å². The van der Waals surface area contributed by atoms with Crippen LogP contribution in [-0.2, 0) is 0 Å². The number of hydrogen-bond donors (Lipinski definition) is 0. The van der Waals surface area contributed by atoms with Crippen molar-refractivity contribution >= 4 is 40.6 Å². The van der Waals surface area contributed by atoms with Crippen molar-refractivity contribution < 1.29 is 9.18 Å². The van der Waals surface area contributed by atoms with Crippen molar-refractivity contribution in [1.29, 1.82) is 5.26 Å². The van der Waals surface area contributed by atoms with Gasteiger partial charge in [0.25, 0.3) is 0 Å². The van der Waals surface area contributed by atoms with Crippen LogP contribution in [0.2, 0.25) is 15.1 Å². The highest BCUT2D eigenvalue weighted by Gasteiger charge is 2.28. The molecule has 0 aliphatic carbocycles. The molecule has 0 aliphatic rings. The first kappa shape index (κ1) is 15.8. The van der Waals surface area contributed by atoms with Gasteiger partial charge in [-0.25, -0.2) is 4.39 Å². The third kappa shape index (κ3) is 3.19. The van der Waals surface area contributed by atoms with Gasteiger partial charge in [-0.15, -0.1) is 0 Å². The van der Waals surface area contributed by atoms with E-state index in [0.29, 0.717) is 0 Å². The molecule has 0 heterocycles. The van der Waals surface area contributed by atoms with Gasteiger partial charge in [0, 0.05) is 20.6 Å². The molecule has 0 saturated carbocycles. The van der Waals surface area contributed by atoms with Gasteiger partial charge >= 0.3 is 0 Å². The van der Waals surface area contributed by atoms with Crippen LogP contribution in [0.4, 0.5) is 4.39 Å². The van der Waals surface area contributed by atoms with E-state index in [2.05, 4.69) is 0 Å². The number of halogens is 4. The standard InChI is InChI=1S/C15H7Cl3FNO/c16-8-4-5-13(19)9(6-8)15(21)10(7-20)14-11(17)2-1-3-12(14)18/h1-6,10H. The fraction of sp³-hybridized carbons (Fsp3) is 0.0667. The van der Waals surface area contributed by atoms with Gasteiger partial charge in [-0.3, -0.25) is 4.79 Å². The molecule has 106 valence electrons. The summed E-state index contributed by atoms with van der Waals surface area (Å²) in [5, 5.41) is 9.82. The maximum Gasteiger partial charge on any atom is 0.187 e. The van der Waals surface area contributed by atoms with Gasteiger partial charge in [0.05, 0.1) is 11.6 Å². The molecule has 2 rings (SSSR count). The molecule has 0 spiro atoms. The minimum Gasteiger partial charge on any atom is -0.292 e. The summed E-state index contributed by atoms with van der Waals surface area (Å²) in [5.41, 5.74) is -0.113. The number of benzene rings is 2. The van der Waals surface area contributed by atoms with E-state index in [1.54, 1.807) is 6.07 Å². The van der Waals surface area contributed by atoms with Crippen molar-refractivity contribution in [3.63, 3.8) is 0 Å². The molecule has 1 unspecified atom stereocenters. The third-order valence-corrected chi connectivity index (χ3v) is 3.77. The molecule has 2 aromatic carbocycles. The number of carbonyl (C=O) groups excluding carboxylic acids is 1. The zero-order valence-corrected chi connectivity index (χ0v) is 12.7. The molecule has 0 bridgehead atoms. The molecule has 2 aromatic rings. The van der Waals surface area contributed by atoms with Crippen molar-refractivity contribution in [2.75, 3.05) is 0 Å². The first-order chi connectivity index (χ1) is 9.95. The van der Waals surface area contributed by atoms with Crippen LogP contribution in [0.3, 0.4) is 0 Å².